The monoisotopic (exact) mass is 307 g/mol. The summed E-state index contributed by atoms with van der Waals surface area (Å²) in [6.07, 6.45) is 1.26. The molecule has 0 unspecified atom stereocenters. The standard InChI is InChI=1S/C12H25N3O4S/c1-12(2,17)10-14-6-8-15(9-7-14)11(16)4-5-13-20(3,18)19/h13,17H,4-10H2,1-3H3. The molecule has 7 nitrogen and oxygen atoms in total. The molecule has 1 rings (SSSR count). The van der Waals surface area contributed by atoms with Crippen molar-refractivity contribution in [2.45, 2.75) is 25.9 Å². The van der Waals surface area contributed by atoms with E-state index in [1.54, 1.807) is 18.7 Å². The van der Waals surface area contributed by atoms with E-state index >= 15 is 0 Å². The number of sulfonamides is 1. The van der Waals surface area contributed by atoms with Gasteiger partial charge in [0, 0.05) is 45.7 Å². The molecule has 0 aromatic rings. The fourth-order valence-corrected chi connectivity index (χ4v) is 2.68. The summed E-state index contributed by atoms with van der Waals surface area (Å²) in [6.45, 7) is 6.96. The van der Waals surface area contributed by atoms with Gasteiger partial charge in [-0.15, -0.1) is 0 Å². The number of carbonyl (C=O) groups excluding carboxylic acids is 1. The lowest BCUT2D eigenvalue weighted by molar-refractivity contribution is -0.133. The van der Waals surface area contributed by atoms with E-state index in [9.17, 15) is 18.3 Å². The second kappa shape index (κ2) is 6.84. The van der Waals surface area contributed by atoms with Crippen molar-refractivity contribution >= 4 is 15.9 Å². The number of nitrogens with one attached hydrogen (secondary N) is 1. The van der Waals surface area contributed by atoms with Crippen molar-refractivity contribution in [3.05, 3.63) is 0 Å². The summed E-state index contributed by atoms with van der Waals surface area (Å²) in [6, 6.07) is 0. The van der Waals surface area contributed by atoms with E-state index in [2.05, 4.69) is 9.62 Å². The molecule has 0 aromatic heterocycles. The zero-order valence-electron chi connectivity index (χ0n) is 12.4. The Balaban J connectivity index is 2.29. The molecule has 2 N–H and O–H groups in total. The average Bonchev–Trinajstić information content (AvgIpc) is 2.25. The van der Waals surface area contributed by atoms with Crippen molar-refractivity contribution in [2.75, 3.05) is 45.5 Å². The first-order valence-corrected chi connectivity index (χ1v) is 8.63. The first kappa shape index (κ1) is 17.4. The minimum Gasteiger partial charge on any atom is -0.389 e. The molecule has 0 bridgehead atoms. The molecule has 1 aliphatic heterocycles. The van der Waals surface area contributed by atoms with Gasteiger partial charge < -0.3 is 10.0 Å². The van der Waals surface area contributed by atoms with Gasteiger partial charge in [-0.3, -0.25) is 9.69 Å². The lowest BCUT2D eigenvalue weighted by Gasteiger charge is -2.37. The number of β-amino-alcohol motifs (C(OH)–C–C–N with tert-alkyl or cyclic N) is 1. The van der Waals surface area contributed by atoms with Crippen LogP contribution < -0.4 is 4.72 Å². The van der Waals surface area contributed by atoms with E-state index in [0.717, 1.165) is 19.3 Å². The molecule has 20 heavy (non-hydrogen) atoms. The second-order valence-electron chi connectivity index (χ2n) is 5.89. The van der Waals surface area contributed by atoms with Gasteiger partial charge in [0.1, 0.15) is 0 Å². The van der Waals surface area contributed by atoms with Crippen LogP contribution in [0.5, 0.6) is 0 Å². The zero-order valence-corrected chi connectivity index (χ0v) is 13.2. The molecule has 0 saturated carbocycles. The molecule has 0 aliphatic carbocycles. The number of piperazine rings is 1. The highest BCUT2D eigenvalue weighted by molar-refractivity contribution is 7.88. The van der Waals surface area contributed by atoms with Crippen LogP contribution in [0.2, 0.25) is 0 Å². The normalized spacial score (nSPS) is 18.3. The third-order valence-corrected chi connectivity index (χ3v) is 3.77. The summed E-state index contributed by atoms with van der Waals surface area (Å²) in [5, 5.41) is 9.75. The highest BCUT2D eigenvalue weighted by atomic mass is 32.2. The maximum absolute atomic E-state index is 11.9. The maximum Gasteiger partial charge on any atom is 0.223 e. The van der Waals surface area contributed by atoms with Crippen molar-refractivity contribution in [2.24, 2.45) is 0 Å². The molecule has 0 radical (unpaired) electrons. The van der Waals surface area contributed by atoms with Gasteiger partial charge in [0.05, 0.1) is 11.9 Å². The third-order valence-electron chi connectivity index (χ3n) is 3.04. The summed E-state index contributed by atoms with van der Waals surface area (Å²) in [4.78, 5) is 15.8. The number of hydrogen-bond acceptors (Lipinski definition) is 5. The van der Waals surface area contributed by atoms with Gasteiger partial charge in [0.15, 0.2) is 0 Å². The number of aliphatic hydroxyl groups is 1. The molecule has 1 heterocycles. The molecular weight excluding hydrogens is 282 g/mol. The molecule has 0 aromatic carbocycles. The number of hydrogen-bond donors (Lipinski definition) is 2. The summed E-state index contributed by atoms with van der Waals surface area (Å²) in [5.74, 6) is -0.0379. The molecule has 1 aliphatic rings. The quantitative estimate of drug-likeness (QED) is 0.646. The average molecular weight is 307 g/mol. The SMILES string of the molecule is CC(C)(O)CN1CCN(C(=O)CCNS(C)(=O)=O)CC1. The van der Waals surface area contributed by atoms with Crippen molar-refractivity contribution < 1.29 is 18.3 Å². The smallest absolute Gasteiger partial charge is 0.223 e. The molecule has 1 amide bonds. The van der Waals surface area contributed by atoms with Crippen LogP contribution in [0, 0.1) is 0 Å². The van der Waals surface area contributed by atoms with Crippen LogP contribution in [-0.4, -0.2) is 80.4 Å². The van der Waals surface area contributed by atoms with E-state index < -0.39 is 15.6 Å². The highest BCUT2D eigenvalue weighted by Gasteiger charge is 2.24. The Kier molecular flexibility index (Phi) is 5.93. The Morgan fingerprint density at radius 2 is 1.80 bits per heavy atom. The summed E-state index contributed by atoms with van der Waals surface area (Å²) < 4.78 is 24.1. The fraction of sp³-hybridized carbons (Fsp3) is 0.917. The second-order valence-corrected chi connectivity index (χ2v) is 7.72. The molecule has 118 valence electrons. The Morgan fingerprint density at radius 3 is 2.25 bits per heavy atom. The Hall–Kier alpha value is -0.700. The van der Waals surface area contributed by atoms with E-state index in [0.29, 0.717) is 19.6 Å². The minimum absolute atomic E-state index is 0.0379. The Morgan fingerprint density at radius 1 is 1.25 bits per heavy atom. The molecular formula is C12H25N3O4S. The lowest BCUT2D eigenvalue weighted by atomic mass is 10.1. The number of rotatable bonds is 6. The van der Waals surface area contributed by atoms with Crippen LogP contribution >= 0.6 is 0 Å². The molecule has 8 heteroatoms. The number of amides is 1. The molecule has 1 fully saturated rings. The van der Waals surface area contributed by atoms with Crippen LogP contribution in [0.15, 0.2) is 0 Å². The summed E-state index contributed by atoms with van der Waals surface area (Å²) in [7, 11) is -3.24. The van der Waals surface area contributed by atoms with Crippen LogP contribution in [0.4, 0.5) is 0 Å². The van der Waals surface area contributed by atoms with Gasteiger partial charge in [-0.25, -0.2) is 13.1 Å². The fourth-order valence-electron chi connectivity index (χ4n) is 2.20. The minimum atomic E-state index is -3.24. The van der Waals surface area contributed by atoms with Gasteiger partial charge in [0.2, 0.25) is 15.9 Å². The zero-order chi connectivity index (χ0) is 15.4. The predicted octanol–water partition coefficient (Wildman–Crippen LogP) is -1.16. The topological polar surface area (TPSA) is 89.9 Å². The van der Waals surface area contributed by atoms with Crippen LogP contribution in [0.1, 0.15) is 20.3 Å². The van der Waals surface area contributed by atoms with Crippen LogP contribution in [0.25, 0.3) is 0 Å². The van der Waals surface area contributed by atoms with Gasteiger partial charge >= 0.3 is 0 Å². The first-order valence-electron chi connectivity index (χ1n) is 6.74. The van der Waals surface area contributed by atoms with E-state index in [4.69, 9.17) is 0 Å². The first-order chi connectivity index (χ1) is 9.07. The van der Waals surface area contributed by atoms with Crippen LogP contribution in [0.3, 0.4) is 0 Å². The highest BCUT2D eigenvalue weighted by Crippen LogP contribution is 2.09. The van der Waals surface area contributed by atoms with E-state index in [1.807, 2.05) is 0 Å². The van der Waals surface area contributed by atoms with Crippen molar-refractivity contribution in [3.63, 3.8) is 0 Å². The summed E-state index contributed by atoms with van der Waals surface area (Å²) >= 11 is 0. The lowest BCUT2D eigenvalue weighted by Crippen LogP contribution is -2.52. The molecule has 1 saturated heterocycles. The molecule has 0 spiro atoms. The predicted molar refractivity (Wildman–Crippen MR) is 76.8 cm³/mol. The van der Waals surface area contributed by atoms with E-state index in [-0.39, 0.29) is 18.9 Å². The van der Waals surface area contributed by atoms with Crippen LogP contribution in [-0.2, 0) is 14.8 Å². The number of nitrogens with zero attached hydrogens (tertiary/aromatic N) is 2. The third kappa shape index (κ3) is 7.18. The maximum atomic E-state index is 11.9. The van der Waals surface area contributed by atoms with E-state index in [1.165, 1.54) is 0 Å². The van der Waals surface area contributed by atoms with Crippen molar-refractivity contribution in [1.82, 2.24) is 14.5 Å². The van der Waals surface area contributed by atoms with Crippen molar-refractivity contribution in [1.29, 1.82) is 0 Å². The largest absolute Gasteiger partial charge is 0.389 e. The van der Waals surface area contributed by atoms with Gasteiger partial charge in [0.25, 0.3) is 0 Å². The van der Waals surface area contributed by atoms with Gasteiger partial charge in [-0.1, -0.05) is 0 Å². The summed E-state index contributed by atoms with van der Waals surface area (Å²) in [5.41, 5.74) is -0.731. The Labute approximate surface area is 121 Å². The number of carbonyl (C=O) groups is 1. The van der Waals surface area contributed by atoms with Gasteiger partial charge in [-0.05, 0) is 13.8 Å². The Bertz CT molecular complexity index is 422. The molecule has 0 atom stereocenters. The van der Waals surface area contributed by atoms with Crippen molar-refractivity contribution in [3.8, 4) is 0 Å². The van der Waals surface area contributed by atoms with Gasteiger partial charge in [-0.2, -0.15) is 0 Å².